The molecule has 1 aromatic carbocycles. The van der Waals surface area contributed by atoms with Crippen LogP contribution in [-0.2, 0) is 0 Å². The summed E-state index contributed by atoms with van der Waals surface area (Å²) in [6.07, 6.45) is 0. The van der Waals surface area contributed by atoms with Gasteiger partial charge in [-0.25, -0.2) is 4.39 Å². The Hall–Kier alpha value is -0.670. The SMILES string of the molecule is Cc1cc(C)c(C(Br)c2ccc(F)cc2)s1. The molecule has 0 aliphatic carbocycles. The van der Waals surface area contributed by atoms with E-state index >= 15 is 0 Å². The van der Waals surface area contributed by atoms with Crippen LogP contribution in [0.15, 0.2) is 30.3 Å². The Morgan fingerprint density at radius 2 is 1.81 bits per heavy atom. The lowest BCUT2D eigenvalue weighted by atomic mass is 10.1. The second-order valence-electron chi connectivity index (χ2n) is 3.82. The first-order valence-electron chi connectivity index (χ1n) is 5.04. The van der Waals surface area contributed by atoms with Crippen molar-refractivity contribution in [2.75, 3.05) is 0 Å². The smallest absolute Gasteiger partial charge is 0.123 e. The highest BCUT2D eigenvalue weighted by Gasteiger charge is 2.15. The quantitative estimate of drug-likeness (QED) is 0.685. The summed E-state index contributed by atoms with van der Waals surface area (Å²) in [5.74, 6) is -0.192. The van der Waals surface area contributed by atoms with E-state index in [1.165, 1.54) is 27.5 Å². The summed E-state index contributed by atoms with van der Waals surface area (Å²) in [6.45, 7) is 4.21. The van der Waals surface area contributed by atoms with Gasteiger partial charge >= 0.3 is 0 Å². The Balaban J connectivity index is 2.35. The van der Waals surface area contributed by atoms with Crippen LogP contribution >= 0.6 is 27.3 Å². The fourth-order valence-corrected chi connectivity index (χ4v) is 3.68. The highest BCUT2D eigenvalue weighted by atomic mass is 79.9. The summed E-state index contributed by atoms with van der Waals surface area (Å²) >= 11 is 5.45. The molecule has 0 aliphatic rings. The summed E-state index contributed by atoms with van der Waals surface area (Å²) < 4.78 is 12.8. The predicted molar refractivity (Wildman–Crippen MR) is 71.0 cm³/mol. The van der Waals surface area contributed by atoms with Crippen molar-refractivity contribution in [2.24, 2.45) is 0 Å². The van der Waals surface area contributed by atoms with Gasteiger partial charge in [0.15, 0.2) is 0 Å². The molecular weight excluding hydrogens is 287 g/mol. The van der Waals surface area contributed by atoms with E-state index in [4.69, 9.17) is 0 Å². The molecule has 0 fully saturated rings. The molecule has 16 heavy (non-hydrogen) atoms. The fraction of sp³-hybridized carbons (Fsp3) is 0.231. The lowest BCUT2D eigenvalue weighted by molar-refractivity contribution is 0.627. The first kappa shape index (κ1) is 11.8. The van der Waals surface area contributed by atoms with Crippen molar-refractivity contribution < 1.29 is 4.39 Å². The number of halogens is 2. The average Bonchev–Trinajstić information content (AvgIpc) is 2.58. The molecule has 0 saturated carbocycles. The minimum absolute atomic E-state index is 0.159. The number of hydrogen-bond acceptors (Lipinski definition) is 1. The first-order chi connectivity index (χ1) is 7.58. The van der Waals surface area contributed by atoms with E-state index in [0.717, 1.165) is 5.56 Å². The van der Waals surface area contributed by atoms with E-state index in [-0.39, 0.29) is 10.6 Å². The van der Waals surface area contributed by atoms with Crippen molar-refractivity contribution in [2.45, 2.75) is 18.7 Å². The molecule has 0 radical (unpaired) electrons. The van der Waals surface area contributed by atoms with Crippen molar-refractivity contribution >= 4 is 27.3 Å². The Morgan fingerprint density at radius 3 is 2.31 bits per heavy atom. The molecule has 0 amide bonds. The molecule has 0 nitrogen and oxygen atoms in total. The summed E-state index contributed by atoms with van der Waals surface area (Å²) in [5, 5.41) is 0. The van der Waals surface area contributed by atoms with E-state index in [2.05, 4.69) is 35.8 Å². The van der Waals surface area contributed by atoms with Crippen LogP contribution in [0.1, 0.15) is 25.7 Å². The maximum Gasteiger partial charge on any atom is 0.123 e. The summed E-state index contributed by atoms with van der Waals surface area (Å²) in [6, 6.07) is 8.82. The molecule has 0 bridgehead atoms. The largest absolute Gasteiger partial charge is 0.207 e. The van der Waals surface area contributed by atoms with E-state index < -0.39 is 0 Å². The predicted octanol–water partition coefficient (Wildman–Crippen LogP) is 4.99. The molecular formula is C13H12BrFS. The molecule has 1 heterocycles. The van der Waals surface area contributed by atoms with E-state index in [1.54, 1.807) is 11.3 Å². The summed E-state index contributed by atoms with van der Waals surface area (Å²) in [4.78, 5) is 2.76. The van der Waals surface area contributed by atoms with Crippen molar-refractivity contribution in [3.8, 4) is 0 Å². The van der Waals surface area contributed by atoms with Crippen LogP contribution < -0.4 is 0 Å². The third-order valence-electron chi connectivity index (χ3n) is 2.47. The molecule has 0 N–H and O–H groups in total. The molecule has 0 saturated heterocycles. The first-order valence-corrected chi connectivity index (χ1v) is 6.77. The van der Waals surface area contributed by atoms with Crippen LogP contribution in [0.25, 0.3) is 0 Å². The molecule has 1 unspecified atom stereocenters. The summed E-state index contributed by atoms with van der Waals surface area (Å²) in [7, 11) is 0. The van der Waals surface area contributed by atoms with Gasteiger partial charge in [-0.15, -0.1) is 11.3 Å². The number of thiophene rings is 1. The van der Waals surface area contributed by atoms with Gasteiger partial charge in [0.05, 0.1) is 4.83 Å². The number of rotatable bonds is 2. The zero-order valence-electron chi connectivity index (χ0n) is 9.13. The van der Waals surface area contributed by atoms with E-state index in [9.17, 15) is 4.39 Å². The number of aryl methyl sites for hydroxylation is 2. The third kappa shape index (κ3) is 2.36. The highest BCUT2D eigenvalue weighted by Crippen LogP contribution is 2.37. The lowest BCUT2D eigenvalue weighted by Gasteiger charge is -2.09. The van der Waals surface area contributed by atoms with E-state index in [1.807, 2.05) is 12.1 Å². The zero-order valence-corrected chi connectivity index (χ0v) is 11.5. The molecule has 2 rings (SSSR count). The molecule has 0 spiro atoms. The van der Waals surface area contributed by atoms with Crippen molar-refractivity contribution in [3.63, 3.8) is 0 Å². The highest BCUT2D eigenvalue weighted by molar-refractivity contribution is 9.09. The van der Waals surface area contributed by atoms with Crippen LogP contribution in [0, 0.1) is 19.7 Å². The number of alkyl halides is 1. The van der Waals surface area contributed by atoms with Crippen LogP contribution in [0.5, 0.6) is 0 Å². The van der Waals surface area contributed by atoms with Crippen LogP contribution in [0.4, 0.5) is 4.39 Å². The van der Waals surface area contributed by atoms with Crippen molar-refractivity contribution in [3.05, 3.63) is 57.0 Å². The van der Waals surface area contributed by atoms with E-state index in [0.29, 0.717) is 0 Å². The average molecular weight is 299 g/mol. The fourth-order valence-electron chi connectivity index (χ4n) is 1.69. The molecule has 84 valence electrons. The van der Waals surface area contributed by atoms with Gasteiger partial charge in [0.25, 0.3) is 0 Å². The van der Waals surface area contributed by atoms with Gasteiger partial charge in [-0.2, -0.15) is 0 Å². The molecule has 0 aliphatic heterocycles. The standard InChI is InChI=1S/C13H12BrFS/c1-8-7-9(2)16-13(8)12(14)10-3-5-11(15)6-4-10/h3-7,12H,1-2H3. The Morgan fingerprint density at radius 1 is 1.19 bits per heavy atom. The second kappa shape index (κ2) is 4.68. The van der Waals surface area contributed by atoms with Gasteiger partial charge in [0.2, 0.25) is 0 Å². The van der Waals surface area contributed by atoms with Crippen LogP contribution in [0.3, 0.4) is 0 Å². The van der Waals surface area contributed by atoms with Crippen LogP contribution in [0.2, 0.25) is 0 Å². The molecule has 1 aromatic heterocycles. The topological polar surface area (TPSA) is 0 Å². The van der Waals surface area contributed by atoms with Gasteiger partial charge in [0, 0.05) is 9.75 Å². The Labute approximate surface area is 107 Å². The summed E-state index contributed by atoms with van der Waals surface area (Å²) in [5.41, 5.74) is 2.38. The van der Waals surface area contributed by atoms with Gasteiger partial charge < -0.3 is 0 Å². The van der Waals surface area contributed by atoms with Crippen molar-refractivity contribution in [1.29, 1.82) is 0 Å². The van der Waals surface area contributed by atoms with Gasteiger partial charge in [-0.1, -0.05) is 28.1 Å². The molecule has 1 atom stereocenters. The maximum atomic E-state index is 12.8. The Kier molecular flexibility index (Phi) is 3.45. The third-order valence-corrected chi connectivity index (χ3v) is 4.98. The van der Waals surface area contributed by atoms with Gasteiger partial charge in [0.1, 0.15) is 5.82 Å². The van der Waals surface area contributed by atoms with Gasteiger partial charge in [-0.3, -0.25) is 0 Å². The normalized spacial score (nSPS) is 12.8. The minimum atomic E-state index is -0.192. The van der Waals surface area contributed by atoms with Gasteiger partial charge in [-0.05, 0) is 43.2 Å². The Bertz CT molecular complexity index is 487. The number of hydrogen-bond donors (Lipinski definition) is 0. The molecule has 2 aromatic rings. The minimum Gasteiger partial charge on any atom is -0.207 e. The lowest BCUT2D eigenvalue weighted by Crippen LogP contribution is -1.91. The molecule has 3 heteroatoms. The monoisotopic (exact) mass is 298 g/mol. The zero-order chi connectivity index (χ0) is 11.7. The second-order valence-corrected chi connectivity index (χ2v) is 6.02. The number of benzene rings is 1. The van der Waals surface area contributed by atoms with Crippen LogP contribution in [-0.4, -0.2) is 0 Å². The maximum absolute atomic E-state index is 12.8. The van der Waals surface area contributed by atoms with Crippen molar-refractivity contribution in [1.82, 2.24) is 0 Å².